The van der Waals surface area contributed by atoms with Crippen molar-refractivity contribution in [2.75, 3.05) is 16.4 Å². The number of hydrazine groups is 1. The first-order chi connectivity index (χ1) is 9.56. The number of hydrogen-bond acceptors (Lipinski definition) is 6. The molecule has 1 heterocycles. The molecular formula is C12H14N4O2S2. The van der Waals surface area contributed by atoms with Crippen molar-refractivity contribution in [3.63, 3.8) is 0 Å². The second-order valence-corrected chi connectivity index (χ2v) is 6.31. The highest BCUT2D eigenvalue weighted by Gasteiger charge is 2.19. The van der Waals surface area contributed by atoms with Crippen LogP contribution in [0.15, 0.2) is 52.5 Å². The molecule has 0 spiro atoms. The van der Waals surface area contributed by atoms with E-state index in [0.29, 0.717) is 5.69 Å². The van der Waals surface area contributed by atoms with E-state index in [2.05, 4.69) is 15.1 Å². The molecule has 0 aliphatic carbocycles. The van der Waals surface area contributed by atoms with Crippen LogP contribution >= 0.6 is 11.8 Å². The standard InChI is InChI=1S/C12H14N4O2S2/c1-19-10-6-4-9(5-7-10)16-20(17,18)12-11(15-13)3-2-8-14-12/h2-8,15-16H,13H2,1H3. The highest BCUT2D eigenvalue weighted by Crippen LogP contribution is 2.22. The predicted molar refractivity (Wildman–Crippen MR) is 81.1 cm³/mol. The lowest BCUT2D eigenvalue weighted by Crippen LogP contribution is -2.18. The summed E-state index contributed by atoms with van der Waals surface area (Å²) in [7, 11) is -3.79. The fourth-order valence-electron chi connectivity index (χ4n) is 1.58. The number of benzene rings is 1. The Labute approximate surface area is 121 Å². The normalized spacial score (nSPS) is 11.1. The summed E-state index contributed by atoms with van der Waals surface area (Å²) in [6.45, 7) is 0. The second-order valence-electron chi connectivity index (χ2n) is 3.83. The van der Waals surface area contributed by atoms with Crippen molar-refractivity contribution in [2.45, 2.75) is 9.92 Å². The summed E-state index contributed by atoms with van der Waals surface area (Å²) in [6, 6.07) is 10.2. The third-order valence-corrected chi connectivity index (χ3v) is 4.61. The van der Waals surface area contributed by atoms with Crippen LogP contribution in [0.5, 0.6) is 0 Å². The molecule has 2 rings (SSSR count). The zero-order chi connectivity index (χ0) is 14.6. The van der Waals surface area contributed by atoms with Crippen molar-refractivity contribution in [3.8, 4) is 0 Å². The number of nitrogens with two attached hydrogens (primary N) is 1. The zero-order valence-electron chi connectivity index (χ0n) is 10.7. The summed E-state index contributed by atoms with van der Waals surface area (Å²) >= 11 is 1.58. The van der Waals surface area contributed by atoms with Crippen LogP contribution in [0.4, 0.5) is 11.4 Å². The topological polar surface area (TPSA) is 97.1 Å². The number of aromatic nitrogens is 1. The minimum atomic E-state index is -3.79. The third-order valence-electron chi connectivity index (χ3n) is 2.52. The van der Waals surface area contributed by atoms with Crippen LogP contribution in [0.3, 0.4) is 0 Å². The van der Waals surface area contributed by atoms with E-state index in [1.54, 1.807) is 36.0 Å². The van der Waals surface area contributed by atoms with Gasteiger partial charge in [-0.25, -0.2) is 4.98 Å². The van der Waals surface area contributed by atoms with Crippen molar-refractivity contribution in [3.05, 3.63) is 42.6 Å². The lowest BCUT2D eigenvalue weighted by Gasteiger charge is -2.10. The van der Waals surface area contributed by atoms with Crippen LogP contribution in [-0.4, -0.2) is 19.7 Å². The van der Waals surface area contributed by atoms with Gasteiger partial charge in [0.2, 0.25) is 5.03 Å². The largest absolute Gasteiger partial charge is 0.321 e. The van der Waals surface area contributed by atoms with E-state index < -0.39 is 10.0 Å². The predicted octanol–water partition coefficient (Wildman–Crippen LogP) is 1.89. The Kier molecular flexibility index (Phi) is 4.48. The molecule has 1 aromatic heterocycles. The maximum atomic E-state index is 12.3. The van der Waals surface area contributed by atoms with E-state index in [1.165, 1.54) is 6.20 Å². The number of nitrogen functional groups attached to an aromatic ring is 1. The molecule has 2 aromatic rings. The SMILES string of the molecule is CSc1ccc(NS(=O)(=O)c2ncccc2NN)cc1. The first kappa shape index (κ1) is 14.6. The minimum absolute atomic E-state index is 0.142. The van der Waals surface area contributed by atoms with Gasteiger partial charge in [0, 0.05) is 16.8 Å². The van der Waals surface area contributed by atoms with E-state index in [9.17, 15) is 8.42 Å². The summed E-state index contributed by atoms with van der Waals surface area (Å²) in [5, 5.41) is -0.142. The van der Waals surface area contributed by atoms with Crippen molar-refractivity contribution >= 4 is 33.2 Å². The molecule has 0 aliphatic rings. The van der Waals surface area contributed by atoms with E-state index in [-0.39, 0.29) is 10.7 Å². The van der Waals surface area contributed by atoms with Crippen LogP contribution < -0.4 is 16.0 Å². The summed E-state index contributed by atoms with van der Waals surface area (Å²) < 4.78 is 27.0. The van der Waals surface area contributed by atoms with Gasteiger partial charge >= 0.3 is 0 Å². The van der Waals surface area contributed by atoms with Crippen LogP contribution in [0.1, 0.15) is 0 Å². The van der Waals surface area contributed by atoms with Gasteiger partial charge in [0.05, 0.1) is 5.69 Å². The van der Waals surface area contributed by atoms with Gasteiger partial charge in [-0.05, 0) is 42.7 Å². The third kappa shape index (κ3) is 3.21. The van der Waals surface area contributed by atoms with Crippen LogP contribution in [-0.2, 0) is 10.0 Å². The zero-order valence-corrected chi connectivity index (χ0v) is 12.3. The van der Waals surface area contributed by atoms with Gasteiger partial charge < -0.3 is 5.43 Å². The number of hydrogen-bond donors (Lipinski definition) is 3. The molecule has 0 saturated carbocycles. The minimum Gasteiger partial charge on any atom is -0.321 e. The molecule has 0 bridgehead atoms. The molecule has 0 atom stereocenters. The molecule has 0 amide bonds. The van der Waals surface area contributed by atoms with Crippen molar-refractivity contribution in [1.29, 1.82) is 0 Å². The molecular weight excluding hydrogens is 296 g/mol. The summed E-state index contributed by atoms with van der Waals surface area (Å²) in [4.78, 5) is 4.91. The Morgan fingerprint density at radius 3 is 2.50 bits per heavy atom. The number of nitrogens with zero attached hydrogens (tertiary/aromatic N) is 1. The number of pyridine rings is 1. The van der Waals surface area contributed by atoms with Crippen molar-refractivity contribution in [2.24, 2.45) is 5.84 Å². The second kappa shape index (κ2) is 6.12. The fourth-order valence-corrected chi connectivity index (χ4v) is 3.14. The number of nitrogens with one attached hydrogen (secondary N) is 2. The molecule has 0 aliphatic heterocycles. The molecule has 8 heteroatoms. The van der Waals surface area contributed by atoms with Gasteiger partial charge in [0.1, 0.15) is 0 Å². The van der Waals surface area contributed by atoms with Crippen molar-refractivity contribution < 1.29 is 8.42 Å². The lowest BCUT2D eigenvalue weighted by molar-refractivity contribution is 0.598. The molecule has 6 nitrogen and oxygen atoms in total. The highest BCUT2D eigenvalue weighted by molar-refractivity contribution is 7.98. The van der Waals surface area contributed by atoms with Gasteiger partial charge in [0.25, 0.3) is 10.0 Å². The number of anilines is 2. The Hall–Kier alpha value is -1.77. The average Bonchev–Trinajstić information content (AvgIpc) is 2.47. The molecule has 0 radical (unpaired) electrons. The summed E-state index contributed by atoms with van der Waals surface area (Å²) in [5.41, 5.74) is 3.03. The van der Waals surface area contributed by atoms with Crippen LogP contribution in [0.2, 0.25) is 0 Å². The van der Waals surface area contributed by atoms with E-state index in [1.807, 2.05) is 18.4 Å². The Morgan fingerprint density at radius 1 is 1.20 bits per heavy atom. The van der Waals surface area contributed by atoms with Crippen LogP contribution in [0, 0.1) is 0 Å². The van der Waals surface area contributed by atoms with Gasteiger partial charge in [-0.2, -0.15) is 8.42 Å². The average molecular weight is 310 g/mol. The quantitative estimate of drug-likeness (QED) is 0.443. The molecule has 0 saturated heterocycles. The Balaban J connectivity index is 2.30. The monoisotopic (exact) mass is 310 g/mol. The van der Waals surface area contributed by atoms with E-state index in [0.717, 1.165) is 4.90 Å². The van der Waals surface area contributed by atoms with Crippen LogP contribution in [0.25, 0.3) is 0 Å². The van der Waals surface area contributed by atoms with Crippen molar-refractivity contribution in [1.82, 2.24) is 4.98 Å². The molecule has 20 heavy (non-hydrogen) atoms. The maximum absolute atomic E-state index is 12.3. The molecule has 0 unspecified atom stereocenters. The van der Waals surface area contributed by atoms with E-state index in [4.69, 9.17) is 5.84 Å². The number of thioether (sulfide) groups is 1. The van der Waals surface area contributed by atoms with Gasteiger partial charge in [0.15, 0.2) is 0 Å². The molecule has 1 aromatic carbocycles. The smallest absolute Gasteiger partial charge is 0.281 e. The van der Waals surface area contributed by atoms with Gasteiger partial charge in [-0.15, -0.1) is 11.8 Å². The summed E-state index contributed by atoms with van der Waals surface area (Å²) in [5.74, 6) is 5.29. The first-order valence-electron chi connectivity index (χ1n) is 5.65. The lowest BCUT2D eigenvalue weighted by atomic mass is 10.3. The number of rotatable bonds is 5. The maximum Gasteiger partial charge on any atom is 0.281 e. The van der Waals surface area contributed by atoms with E-state index >= 15 is 0 Å². The molecule has 106 valence electrons. The van der Waals surface area contributed by atoms with Gasteiger partial charge in [-0.1, -0.05) is 0 Å². The Morgan fingerprint density at radius 2 is 1.90 bits per heavy atom. The fraction of sp³-hybridized carbons (Fsp3) is 0.0833. The highest BCUT2D eigenvalue weighted by atomic mass is 32.2. The molecule has 0 fully saturated rings. The number of sulfonamides is 1. The molecule has 4 N–H and O–H groups in total. The Bertz CT molecular complexity index is 687. The van der Waals surface area contributed by atoms with Gasteiger partial charge in [-0.3, -0.25) is 10.6 Å². The first-order valence-corrected chi connectivity index (χ1v) is 8.36. The summed E-state index contributed by atoms with van der Waals surface area (Å²) in [6.07, 6.45) is 3.35.